The Labute approximate surface area is 240 Å². The molecule has 1 amide bonds. The first-order chi connectivity index (χ1) is 19.2. The van der Waals surface area contributed by atoms with E-state index in [1.54, 1.807) is 12.1 Å². The van der Waals surface area contributed by atoms with Crippen LogP contribution in [0.5, 0.6) is 5.75 Å². The number of aromatic nitrogens is 1. The van der Waals surface area contributed by atoms with Crippen molar-refractivity contribution in [3.63, 3.8) is 0 Å². The Morgan fingerprint density at radius 3 is 1.64 bits per heavy atom. The molecular weight excluding hydrogens is 480 g/mol. The first-order valence-corrected chi connectivity index (χ1v) is 16.8. The zero-order chi connectivity index (χ0) is 27.8. The predicted octanol–water partition coefficient (Wildman–Crippen LogP) is 10.5. The van der Waals surface area contributed by atoms with Crippen molar-refractivity contribution in [2.45, 2.75) is 161 Å². The van der Waals surface area contributed by atoms with E-state index in [2.05, 4.69) is 17.2 Å². The van der Waals surface area contributed by atoms with Crippen LogP contribution in [0, 0.1) is 0 Å². The van der Waals surface area contributed by atoms with E-state index in [0.29, 0.717) is 13.0 Å². The van der Waals surface area contributed by atoms with Gasteiger partial charge in [-0.2, -0.15) is 0 Å². The molecule has 0 saturated carbocycles. The molecule has 0 aliphatic rings. The number of benzene rings is 1. The van der Waals surface area contributed by atoms with Gasteiger partial charge in [0.2, 0.25) is 5.91 Å². The third kappa shape index (κ3) is 16.7. The van der Waals surface area contributed by atoms with Gasteiger partial charge < -0.3 is 15.4 Å². The van der Waals surface area contributed by atoms with Crippen molar-refractivity contribution in [3.05, 3.63) is 30.0 Å². The van der Waals surface area contributed by atoms with E-state index in [0.717, 1.165) is 35.7 Å². The maximum absolute atomic E-state index is 12.1. The van der Waals surface area contributed by atoms with E-state index < -0.39 is 0 Å². The van der Waals surface area contributed by atoms with Crippen molar-refractivity contribution in [1.82, 2.24) is 10.3 Å². The van der Waals surface area contributed by atoms with E-state index in [9.17, 15) is 9.90 Å². The van der Waals surface area contributed by atoms with Gasteiger partial charge in [0.15, 0.2) is 0 Å². The molecule has 1 heterocycles. The summed E-state index contributed by atoms with van der Waals surface area (Å²) in [5, 5.41) is 13.8. The summed E-state index contributed by atoms with van der Waals surface area (Å²) >= 11 is 0. The first-order valence-electron chi connectivity index (χ1n) is 16.8. The molecule has 0 spiro atoms. The van der Waals surface area contributed by atoms with Gasteiger partial charge in [-0.1, -0.05) is 142 Å². The maximum atomic E-state index is 12.1. The number of hydrogen-bond donors (Lipinski definition) is 3. The van der Waals surface area contributed by atoms with Crippen LogP contribution in [0.1, 0.15) is 160 Å². The van der Waals surface area contributed by atoms with Crippen LogP contribution in [0.3, 0.4) is 0 Å². The molecule has 0 atom stereocenters. The second-order valence-corrected chi connectivity index (χ2v) is 11.8. The van der Waals surface area contributed by atoms with E-state index >= 15 is 0 Å². The molecule has 0 aliphatic carbocycles. The van der Waals surface area contributed by atoms with Gasteiger partial charge >= 0.3 is 0 Å². The van der Waals surface area contributed by atoms with Gasteiger partial charge in [0, 0.05) is 30.1 Å². The number of aromatic hydroxyl groups is 1. The minimum atomic E-state index is 0.158. The molecule has 1 aromatic carbocycles. The average molecular weight is 541 g/mol. The lowest BCUT2D eigenvalue weighted by Crippen LogP contribution is -2.25. The minimum absolute atomic E-state index is 0.158. The predicted molar refractivity (Wildman–Crippen MR) is 169 cm³/mol. The molecule has 0 radical (unpaired) electrons. The number of hydrogen-bond acceptors (Lipinski definition) is 2. The Balaban J connectivity index is 1.27. The molecule has 1 aromatic heterocycles. The molecule has 2 rings (SSSR count). The van der Waals surface area contributed by atoms with Crippen LogP contribution < -0.4 is 5.32 Å². The number of nitrogens with one attached hydrogen (secondary N) is 2. The second-order valence-electron chi connectivity index (χ2n) is 11.8. The van der Waals surface area contributed by atoms with Crippen molar-refractivity contribution in [2.75, 3.05) is 6.54 Å². The van der Waals surface area contributed by atoms with Crippen molar-refractivity contribution >= 4 is 16.8 Å². The molecule has 0 unspecified atom stereocenters. The van der Waals surface area contributed by atoms with E-state index in [-0.39, 0.29) is 11.7 Å². The summed E-state index contributed by atoms with van der Waals surface area (Å²) in [5.41, 5.74) is 2.15. The molecule has 0 saturated heterocycles. The van der Waals surface area contributed by atoms with Crippen LogP contribution in [-0.4, -0.2) is 22.5 Å². The van der Waals surface area contributed by atoms with Gasteiger partial charge in [-0.15, -0.1) is 0 Å². The number of rotatable bonds is 26. The number of carbonyl (C=O) groups is 1. The highest BCUT2D eigenvalue weighted by atomic mass is 16.3. The molecule has 3 N–H and O–H groups in total. The number of phenolic OH excluding ortho intramolecular Hbond substituents is 1. The smallest absolute Gasteiger partial charge is 0.220 e. The quantitative estimate of drug-likeness (QED) is 0.104. The number of aromatic amines is 1. The number of H-pyrrole nitrogens is 1. The van der Waals surface area contributed by atoms with Crippen molar-refractivity contribution in [2.24, 2.45) is 0 Å². The summed E-state index contributed by atoms with van der Waals surface area (Å²) in [6, 6.07) is 5.35. The van der Waals surface area contributed by atoms with Crippen LogP contribution in [-0.2, 0) is 11.2 Å². The lowest BCUT2D eigenvalue weighted by molar-refractivity contribution is -0.121. The van der Waals surface area contributed by atoms with Gasteiger partial charge in [-0.05, 0) is 36.6 Å². The van der Waals surface area contributed by atoms with Crippen LogP contribution in [0.25, 0.3) is 10.9 Å². The van der Waals surface area contributed by atoms with Crippen molar-refractivity contribution in [1.29, 1.82) is 0 Å². The topological polar surface area (TPSA) is 65.1 Å². The van der Waals surface area contributed by atoms with Gasteiger partial charge in [-0.25, -0.2) is 0 Å². The number of carbonyl (C=O) groups excluding carboxylic acids is 1. The largest absolute Gasteiger partial charge is 0.508 e. The fraction of sp³-hybridized carbons (Fsp3) is 0.743. The highest BCUT2D eigenvalue weighted by molar-refractivity contribution is 5.84. The fourth-order valence-corrected chi connectivity index (χ4v) is 5.69. The summed E-state index contributed by atoms with van der Waals surface area (Å²) in [6.07, 6.45) is 33.8. The number of fused-ring (bicyclic) bond motifs is 1. The van der Waals surface area contributed by atoms with Crippen LogP contribution >= 0.6 is 0 Å². The van der Waals surface area contributed by atoms with Crippen molar-refractivity contribution in [3.8, 4) is 5.75 Å². The molecule has 4 nitrogen and oxygen atoms in total. The molecule has 0 bridgehead atoms. The van der Waals surface area contributed by atoms with E-state index in [1.165, 1.54) is 128 Å². The summed E-state index contributed by atoms with van der Waals surface area (Å²) in [5.74, 6) is 0.434. The zero-order valence-corrected chi connectivity index (χ0v) is 25.3. The van der Waals surface area contributed by atoms with Crippen LogP contribution in [0.15, 0.2) is 24.4 Å². The summed E-state index contributed by atoms with van der Waals surface area (Å²) in [6.45, 7) is 2.93. The van der Waals surface area contributed by atoms with Gasteiger partial charge in [0.05, 0.1) is 0 Å². The fourth-order valence-electron chi connectivity index (χ4n) is 5.69. The van der Waals surface area contributed by atoms with Gasteiger partial charge in [0.1, 0.15) is 5.75 Å². The lowest BCUT2D eigenvalue weighted by atomic mass is 10.0. The molecule has 4 heteroatoms. The summed E-state index contributed by atoms with van der Waals surface area (Å²) in [7, 11) is 0. The molecule has 222 valence electrons. The number of phenols is 1. The van der Waals surface area contributed by atoms with Crippen molar-refractivity contribution < 1.29 is 9.90 Å². The standard InChI is InChI=1S/C35H60N2O2/c1-2-3-4-5-6-7-8-9-10-11-12-13-14-15-16-17-18-19-20-21-22-23-24-35(39)36-28-27-31-30-37-34-26-25-32(38)29-33(31)34/h25-26,29-30,37-38H,2-24,27-28H2,1H3,(H,36,39). The molecule has 0 fully saturated rings. The second kappa shape index (κ2) is 22.8. The zero-order valence-electron chi connectivity index (χ0n) is 25.3. The molecular formula is C35H60N2O2. The molecule has 0 aliphatic heterocycles. The Bertz CT molecular complexity index is 859. The monoisotopic (exact) mass is 540 g/mol. The highest BCUT2D eigenvalue weighted by Gasteiger charge is 2.06. The molecule has 2 aromatic rings. The Hall–Kier alpha value is -1.97. The lowest BCUT2D eigenvalue weighted by Gasteiger charge is -2.06. The Morgan fingerprint density at radius 1 is 0.692 bits per heavy atom. The minimum Gasteiger partial charge on any atom is -0.508 e. The van der Waals surface area contributed by atoms with E-state index in [4.69, 9.17) is 0 Å². The van der Waals surface area contributed by atoms with Gasteiger partial charge in [0.25, 0.3) is 0 Å². The number of unbranched alkanes of at least 4 members (excludes halogenated alkanes) is 21. The third-order valence-electron chi connectivity index (χ3n) is 8.22. The van der Waals surface area contributed by atoms with Crippen LogP contribution in [0.2, 0.25) is 0 Å². The average Bonchev–Trinajstić information content (AvgIpc) is 3.33. The maximum Gasteiger partial charge on any atom is 0.220 e. The third-order valence-corrected chi connectivity index (χ3v) is 8.22. The van der Waals surface area contributed by atoms with Crippen LogP contribution in [0.4, 0.5) is 0 Å². The Morgan fingerprint density at radius 2 is 1.15 bits per heavy atom. The van der Waals surface area contributed by atoms with Gasteiger partial charge in [-0.3, -0.25) is 4.79 Å². The molecule has 39 heavy (non-hydrogen) atoms. The summed E-state index contributed by atoms with van der Waals surface area (Å²) < 4.78 is 0. The highest BCUT2D eigenvalue weighted by Crippen LogP contribution is 2.23. The number of amides is 1. The normalized spacial score (nSPS) is 11.4. The summed E-state index contributed by atoms with van der Waals surface area (Å²) in [4.78, 5) is 15.4. The SMILES string of the molecule is CCCCCCCCCCCCCCCCCCCCCCCCC(=O)NCCc1c[nH]c2ccc(O)cc12. The Kier molecular flexibility index (Phi) is 19.4. The van der Waals surface area contributed by atoms with E-state index in [1.807, 2.05) is 12.3 Å². The first kappa shape index (κ1) is 33.2.